The summed E-state index contributed by atoms with van der Waals surface area (Å²) in [5.74, 6) is 2.45. The third-order valence-corrected chi connectivity index (χ3v) is 7.76. The number of thiophene rings is 1. The molecule has 0 amide bonds. The summed E-state index contributed by atoms with van der Waals surface area (Å²) in [6, 6.07) is 1.92. The molecule has 0 atom stereocenters. The molecule has 10 heteroatoms. The van der Waals surface area contributed by atoms with Crippen LogP contribution in [0.5, 0.6) is 0 Å². The highest BCUT2D eigenvalue weighted by Crippen LogP contribution is 2.38. The van der Waals surface area contributed by atoms with Crippen molar-refractivity contribution in [3.05, 3.63) is 34.4 Å². The highest BCUT2D eigenvalue weighted by Gasteiger charge is 2.21. The molecule has 0 aliphatic carbocycles. The molecular weight excluding hydrogens is 432 g/mol. The first kappa shape index (κ1) is 20.6. The molecule has 0 bridgehead atoms. The number of rotatable bonds is 5. The van der Waals surface area contributed by atoms with Gasteiger partial charge in [0.15, 0.2) is 11.0 Å². The lowest BCUT2D eigenvalue weighted by Gasteiger charge is -2.25. The summed E-state index contributed by atoms with van der Waals surface area (Å²) in [6.07, 6.45) is 1.68. The Hall–Kier alpha value is -2.27. The SMILES string of the molecule is Cc1occc1-c1nnc(Sc2nc(CN3CCOCC3)nc3sc(C)c(C)c23)n1C. The minimum atomic E-state index is 0.723. The molecule has 5 heterocycles. The standard InChI is InChI=1S/C21H24N6O2S2/c1-12-14(3)30-19-17(12)20(23-16(22-19)11-27-6-9-28-10-7-27)31-21-25-24-18(26(21)4)15-5-8-29-13(15)2/h5,8H,6-7,9-11H2,1-4H3. The zero-order chi connectivity index (χ0) is 21.5. The predicted octanol–water partition coefficient (Wildman–Crippen LogP) is 3.99. The van der Waals surface area contributed by atoms with Gasteiger partial charge in [-0.2, -0.15) is 0 Å². The van der Waals surface area contributed by atoms with Crippen LogP contribution in [0.2, 0.25) is 0 Å². The van der Waals surface area contributed by atoms with Crippen molar-refractivity contribution in [3.63, 3.8) is 0 Å². The molecule has 0 radical (unpaired) electrons. The number of nitrogens with zero attached hydrogens (tertiary/aromatic N) is 6. The van der Waals surface area contributed by atoms with E-state index in [1.54, 1.807) is 29.4 Å². The lowest BCUT2D eigenvalue weighted by molar-refractivity contribution is 0.0330. The molecule has 0 spiro atoms. The maximum atomic E-state index is 5.47. The smallest absolute Gasteiger partial charge is 0.197 e. The van der Waals surface area contributed by atoms with E-state index in [1.165, 1.54) is 10.4 Å². The van der Waals surface area contributed by atoms with Crippen molar-refractivity contribution in [2.45, 2.75) is 37.5 Å². The fourth-order valence-corrected chi connectivity index (χ4v) is 5.79. The second-order valence-corrected chi connectivity index (χ2v) is 9.81. The van der Waals surface area contributed by atoms with Crippen molar-refractivity contribution in [3.8, 4) is 11.4 Å². The first-order valence-electron chi connectivity index (χ1n) is 10.2. The summed E-state index contributed by atoms with van der Waals surface area (Å²) in [4.78, 5) is 14.5. The van der Waals surface area contributed by atoms with Crippen LogP contribution in [0.4, 0.5) is 0 Å². The number of furan rings is 1. The Morgan fingerprint density at radius 1 is 1.13 bits per heavy atom. The maximum absolute atomic E-state index is 5.47. The van der Waals surface area contributed by atoms with E-state index in [2.05, 4.69) is 28.9 Å². The van der Waals surface area contributed by atoms with Crippen LogP contribution in [0.1, 0.15) is 22.0 Å². The van der Waals surface area contributed by atoms with Crippen LogP contribution in [0, 0.1) is 20.8 Å². The monoisotopic (exact) mass is 456 g/mol. The van der Waals surface area contributed by atoms with Gasteiger partial charge in [0, 0.05) is 30.4 Å². The largest absolute Gasteiger partial charge is 0.469 e. The molecule has 8 nitrogen and oxygen atoms in total. The molecule has 1 saturated heterocycles. The third kappa shape index (κ3) is 3.89. The summed E-state index contributed by atoms with van der Waals surface area (Å²) in [6.45, 7) is 10.3. The van der Waals surface area contributed by atoms with Crippen LogP contribution < -0.4 is 0 Å². The lowest BCUT2D eigenvalue weighted by atomic mass is 10.2. The van der Waals surface area contributed by atoms with Gasteiger partial charge in [-0.1, -0.05) is 0 Å². The summed E-state index contributed by atoms with van der Waals surface area (Å²) in [5.41, 5.74) is 2.18. The van der Waals surface area contributed by atoms with Crippen LogP contribution >= 0.6 is 23.1 Å². The van der Waals surface area contributed by atoms with Gasteiger partial charge in [-0.05, 0) is 44.2 Å². The van der Waals surface area contributed by atoms with Gasteiger partial charge in [0.25, 0.3) is 0 Å². The quantitative estimate of drug-likeness (QED) is 0.417. The molecular formula is C21H24N6O2S2. The molecule has 1 fully saturated rings. The van der Waals surface area contributed by atoms with Crippen LogP contribution in [0.15, 0.2) is 26.9 Å². The average molecular weight is 457 g/mol. The van der Waals surface area contributed by atoms with E-state index in [4.69, 9.17) is 19.1 Å². The summed E-state index contributed by atoms with van der Waals surface area (Å²) < 4.78 is 12.9. The molecule has 4 aromatic rings. The Morgan fingerprint density at radius 2 is 1.94 bits per heavy atom. The fraction of sp³-hybridized carbons (Fsp3) is 0.429. The van der Waals surface area contributed by atoms with Crippen molar-refractivity contribution in [1.29, 1.82) is 0 Å². The highest BCUT2D eigenvalue weighted by atomic mass is 32.2. The zero-order valence-corrected chi connectivity index (χ0v) is 19.6. The Bertz CT molecular complexity index is 1240. The Labute approximate surface area is 188 Å². The molecule has 0 saturated carbocycles. The minimum Gasteiger partial charge on any atom is -0.469 e. The van der Waals surface area contributed by atoms with Crippen molar-refractivity contribution >= 4 is 33.3 Å². The van der Waals surface area contributed by atoms with Crippen LogP contribution in [0.3, 0.4) is 0 Å². The summed E-state index contributed by atoms with van der Waals surface area (Å²) >= 11 is 3.27. The van der Waals surface area contributed by atoms with Gasteiger partial charge in [0.2, 0.25) is 0 Å². The highest BCUT2D eigenvalue weighted by molar-refractivity contribution is 7.99. The first-order valence-corrected chi connectivity index (χ1v) is 11.8. The molecule has 162 valence electrons. The summed E-state index contributed by atoms with van der Waals surface area (Å²) in [7, 11) is 1.98. The minimum absolute atomic E-state index is 0.723. The van der Waals surface area contributed by atoms with Gasteiger partial charge in [0.05, 0.1) is 31.6 Å². The predicted molar refractivity (Wildman–Crippen MR) is 121 cm³/mol. The Morgan fingerprint density at radius 3 is 2.68 bits per heavy atom. The number of aryl methyl sites for hydroxylation is 3. The molecule has 0 aromatic carbocycles. The molecule has 1 aliphatic rings. The third-order valence-electron chi connectivity index (χ3n) is 5.63. The lowest BCUT2D eigenvalue weighted by Crippen LogP contribution is -2.36. The Balaban J connectivity index is 1.52. The van der Waals surface area contributed by atoms with Crippen molar-refractivity contribution in [1.82, 2.24) is 29.6 Å². The van der Waals surface area contributed by atoms with E-state index in [0.717, 1.165) is 76.2 Å². The van der Waals surface area contributed by atoms with Gasteiger partial charge in [-0.3, -0.25) is 4.90 Å². The number of hydrogen-bond acceptors (Lipinski definition) is 9. The van der Waals surface area contributed by atoms with E-state index in [9.17, 15) is 0 Å². The topological polar surface area (TPSA) is 82.1 Å². The van der Waals surface area contributed by atoms with E-state index in [1.807, 2.05) is 24.6 Å². The number of hydrogen-bond donors (Lipinski definition) is 0. The summed E-state index contributed by atoms with van der Waals surface area (Å²) in [5, 5.41) is 11.7. The van der Waals surface area contributed by atoms with Gasteiger partial charge in [-0.15, -0.1) is 21.5 Å². The van der Waals surface area contributed by atoms with Gasteiger partial charge in [-0.25, -0.2) is 9.97 Å². The van der Waals surface area contributed by atoms with Gasteiger partial charge < -0.3 is 13.7 Å². The maximum Gasteiger partial charge on any atom is 0.197 e. The number of morpholine rings is 1. The molecule has 4 aromatic heterocycles. The Kier molecular flexibility index (Phi) is 5.55. The van der Waals surface area contributed by atoms with Crippen molar-refractivity contribution in [2.24, 2.45) is 7.05 Å². The van der Waals surface area contributed by atoms with E-state index in [-0.39, 0.29) is 0 Å². The van der Waals surface area contributed by atoms with E-state index < -0.39 is 0 Å². The molecule has 1 aliphatic heterocycles. The number of ether oxygens (including phenoxy) is 1. The van der Waals surface area contributed by atoms with Gasteiger partial charge in [0.1, 0.15) is 21.4 Å². The number of aromatic nitrogens is 5. The molecule has 31 heavy (non-hydrogen) atoms. The second-order valence-electron chi connectivity index (χ2n) is 7.65. The average Bonchev–Trinajstić information content (AvgIpc) is 3.41. The number of fused-ring (bicyclic) bond motifs is 1. The molecule has 5 rings (SSSR count). The normalized spacial score (nSPS) is 15.2. The second kappa shape index (κ2) is 8.34. The van der Waals surface area contributed by atoms with Crippen molar-refractivity contribution < 1.29 is 9.15 Å². The fourth-order valence-electron chi connectivity index (χ4n) is 3.70. The van der Waals surface area contributed by atoms with Crippen LogP contribution in [0.25, 0.3) is 21.6 Å². The molecule has 0 unspecified atom stereocenters. The van der Waals surface area contributed by atoms with E-state index in [0.29, 0.717) is 0 Å². The van der Waals surface area contributed by atoms with E-state index >= 15 is 0 Å². The van der Waals surface area contributed by atoms with Gasteiger partial charge >= 0.3 is 0 Å². The first-order chi connectivity index (χ1) is 15.0. The molecule has 0 N–H and O–H groups in total. The van der Waals surface area contributed by atoms with Crippen LogP contribution in [-0.4, -0.2) is 55.9 Å². The van der Waals surface area contributed by atoms with Crippen molar-refractivity contribution in [2.75, 3.05) is 26.3 Å². The zero-order valence-electron chi connectivity index (χ0n) is 18.0. The van der Waals surface area contributed by atoms with Crippen LogP contribution in [-0.2, 0) is 18.3 Å².